The van der Waals surface area contributed by atoms with E-state index in [4.69, 9.17) is 5.73 Å². The molecule has 0 bridgehead atoms. The van der Waals surface area contributed by atoms with Crippen LogP contribution >= 0.6 is 0 Å². The summed E-state index contributed by atoms with van der Waals surface area (Å²) in [5, 5.41) is 0. The fraction of sp³-hybridized carbons (Fsp3) is 0.444. The normalized spacial score (nSPS) is 13.0. The largest absolute Gasteiger partial charge is 0.324 e. The van der Waals surface area contributed by atoms with Gasteiger partial charge in [0.05, 0.1) is 0 Å². The van der Waals surface area contributed by atoms with E-state index in [2.05, 4.69) is 11.9 Å². The molecule has 0 aliphatic carbocycles. The highest BCUT2D eigenvalue weighted by Crippen LogP contribution is 2.14. The molecule has 0 aliphatic rings. The minimum atomic E-state index is 0.118. The SMILES string of the molecule is CCc1cnccc1[C@@H](C)N. The third-order valence-electron chi connectivity index (χ3n) is 1.81. The van der Waals surface area contributed by atoms with Gasteiger partial charge in [0.15, 0.2) is 0 Å². The van der Waals surface area contributed by atoms with Gasteiger partial charge in [-0.15, -0.1) is 0 Å². The maximum atomic E-state index is 5.76. The predicted molar refractivity (Wildman–Crippen MR) is 46.2 cm³/mol. The lowest BCUT2D eigenvalue weighted by atomic mass is 10.0. The van der Waals surface area contributed by atoms with Crippen molar-refractivity contribution in [1.29, 1.82) is 0 Å². The summed E-state index contributed by atoms with van der Waals surface area (Å²) < 4.78 is 0. The van der Waals surface area contributed by atoms with E-state index in [0.717, 1.165) is 6.42 Å². The van der Waals surface area contributed by atoms with Gasteiger partial charge in [0.1, 0.15) is 0 Å². The topological polar surface area (TPSA) is 38.9 Å². The van der Waals surface area contributed by atoms with Gasteiger partial charge in [-0.3, -0.25) is 4.98 Å². The summed E-state index contributed by atoms with van der Waals surface area (Å²) in [4.78, 5) is 4.04. The Bertz CT molecular complexity index is 231. The summed E-state index contributed by atoms with van der Waals surface area (Å²) in [6.45, 7) is 4.11. The first-order valence-electron chi connectivity index (χ1n) is 3.94. The zero-order chi connectivity index (χ0) is 8.27. The van der Waals surface area contributed by atoms with Gasteiger partial charge >= 0.3 is 0 Å². The number of hydrogen-bond donors (Lipinski definition) is 1. The molecule has 0 fully saturated rings. The van der Waals surface area contributed by atoms with Gasteiger partial charge in [0, 0.05) is 18.4 Å². The van der Waals surface area contributed by atoms with Crippen LogP contribution in [-0.4, -0.2) is 4.98 Å². The highest BCUT2D eigenvalue weighted by atomic mass is 14.6. The van der Waals surface area contributed by atoms with Crippen molar-refractivity contribution in [3.05, 3.63) is 29.6 Å². The summed E-state index contributed by atoms with van der Waals surface area (Å²) in [5.74, 6) is 0. The first kappa shape index (κ1) is 8.21. The fourth-order valence-electron chi connectivity index (χ4n) is 1.18. The van der Waals surface area contributed by atoms with Crippen molar-refractivity contribution in [3.63, 3.8) is 0 Å². The van der Waals surface area contributed by atoms with Gasteiger partial charge in [-0.2, -0.15) is 0 Å². The number of rotatable bonds is 2. The van der Waals surface area contributed by atoms with Crippen molar-refractivity contribution in [2.75, 3.05) is 0 Å². The molecule has 0 saturated carbocycles. The highest BCUT2D eigenvalue weighted by Gasteiger charge is 2.03. The lowest BCUT2D eigenvalue weighted by molar-refractivity contribution is 0.797. The van der Waals surface area contributed by atoms with Gasteiger partial charge in [-0.1, -0.05) is 6.92 Å². The molecule has 0 amide bonds. The monoisotopic (exact) mass is 150 g/mol. The first-order chi connectivity index (χ1) is 5.25. The molecule has 0 aliphatic heterocycles. The van der Waals surface area contributed by atoms with Crippen LogP contribution in [0.1, 0.15) is 31.0 Å². The summed E-state index contributed by atoms with van der Waals surface area (Å²) in [6.07, 6.45) is 4.68. The van der Waals surface area contributed by atoms with Gasteiger partial charge in [-0.05, 0) is 30.5 Å². The number of aromatic nitrogens is 1. The molecule has 2 heteroatoms. The Morgan fingerprint density at radius 1 is 1.64 bits per heavy atom. The van der Waals surface area contributed by atoms with Crippen molar-refractivity contribution in [2.45, 2.75) is 26.3 Å². The minimum absolute atomic E-state index is 0.118. The number of nitrogens with two attached hydrogens (primary N) is 1. The van der Waals surface area contributed by atoms with E-state index in [1.807, 2.05) is 19.2 Å². The van der Waals surface area contributed by atoms with Crippen molar-refractivity contribution >= 4 is 0 Å². The molecule has 0 saturated heterocycles. The van der Waals surface area contributed by atoms with E-state index >= 15 is 0 Å². The van der Waals surface area contributed by atoms with E-state index in [1.54, 1.807) is 6.20 Å². The second-order valence-corrected chi connectivity index (χ2v) is 2.72. The Kier molecular flexibility index (Phi) is 2.60. The van der Waals surface area contributed by atoms with Gasteiger partial charge in [0.25, 0.3) is 0 Å². The van der Waals surface area contributed by atoms with E-state index in [0.29, 0.717) is 0 Å². The summed E-state index contributed by atoms with van der Waals surface area (Å²) in [6, 6.07) is 2.11. The van der Waals surface area contributed by atoms with Crippen LogP contribution in [-0.2, 0) is 6.42 Å². The molecule has 1 heterocycles. The Hall–Kier alpha value is -0.890. The molecule has 11 heavy (non-hydrogen) atoms. The first-order valence-corrected chi connectivity index (χ1v) is 3.94. The van der Waals surface area contributed by atoms with Crippen LogP contribution in [0.25, 0.3) is 0 Å². The molecule has 0 aromatic carbocycles. The predicted octanol–water partition coefficient (Wildman–Crippen LogP) is 1.66. The second-order valence-electron chi connectivity index (χ2n) is 2.72. The van der Waals surface area contributed by atoms with E-state index in [1.165, 1.54) is 11.1 Å². The van der Waals surface area contributed by atoms with Crippen LogP contribution in [0.4, 0.5) is 0 Å². The summed E-state index contributed by atoms with van der Waals surface area (Å²) >= 11 is 0. The Morgan fingerprint density at radius 2 is 2.36 bits per heavy atom. The molecule has 0 unspecified atom stereocenters. The zero-order valence-electron chi connectivity index (χ0n) is 7.04. The molecule has 1 atom stereocenters. The molecule has 1 rings (SSSR count). The van der Waals surface area contributed by atoms with Crippen molar-refractivity contribution in [1.82, 2.24) is 4.98 Å². The average Bonchev–Trinajstić information content (AvgIpc) is 2.04. The van der Waals surface area contributed by atoms with E-state index in [-0.39, 0.29) is 6.04 Å². The lowest BCUT2D eigenvalue weighted by Crippen LogP contribution is -2.08. The smallest absolute Gasteiger partial charge is 0.0303 e. The van der Waals surface area contributed by atoms with Crippen LogP contribution in [0.15, 0.2) is 18.5 Å². The third kappa shape index (κ3) is 1.77. The fourth-order valence-corrected chi connectivity index (χ4v) is 1.18. The maximum absolute atomic E-state index is 5.76. The van der Waals surface area contributed by atoms with Crippen LogP contribution in [0.3, 0.4) is 0 Å². The lowest BCUT2D eigenvalue weighted by Gasteiger charge is -2.09. The van der Waals surface area contributed by atoms with Crippen molar-refractivity contribution in [3.8, 4) is 0 Å². The molecule has 0 spiro atoms. The third-order valence-corrected chi connectivity index (χ3v) is 1.81. The van der Waals surface area contributed by atoms with Gasteiger partial charge in [0.2, 0.25) is 0 Å². The molecule has 2 nitrogen and oxygen atoms in total. The molecular weight excluding hydrogens is 136 g/mol. The Morgan fingerprint density at radius 3 is 2.82 bits per heavy atom. The van der Waals surface area contributed by atoms with Crippen molar-refractivity contribution in [2.24, 2.45) is 5.73 Å². The zero-order valence-corrected chi connectivity index (χ0v) is 7.04. The van der Waals surface area contributed by atoms with E-state index in [9.17, 15) is 0 Å². The molecule has 1 aromatic heterocycles. The number of hydrogen-bond acceptors (Lipinski definition) is 2. The number of aryl methyl sites for hydroxylation is 1. The standard InChI is InChI=1S/C9H14N2/c1-3-8-6-11-5-4-9(8)7(2)10/h4-7H,3,10H2,1-2H3/t7-/m1/s1. The van der Waals surface area contributed by atoms with Crippen LogP contribution in [0.2, 0.25) is 0 Å². The maximum Gasteiger partial charge on any atom is 0.0303 e. The second kappa shape index (κ2) is 3.49. The van der Waals surface area contributed by atoms with E-state index < -0.39 is 0 Å². The number of nitrogens with zero attached hydrogens (tertiary/aromatic N) is 1. The van der Waals surface area contributed by atoms with Gasteiger partial charge in [-0.25, -0.2) is 0 Å². The molecule has 2 N–H and O–H groups in total. The molecule has 60 valence electrons. The van der Waals surface area contributed by atoms with Crippen molar-refractivity contribution < 1.29 is 0 Å². The van der Waals surface area contributed by atoms with Crippen LogP contribution in [0, 0.1) is 0 Å². The Labute approximate surface area is 67.5 Å². The van der Waals surface area contributed by atoms with Gasteiger partial charge < -0.3 is 5.73 Å². The molecular formula is C9H14N2. The average molecular weight is 150 g/mol. The summed E-state index contributed by atoms with van der Waals surface area (Å²) in [7, 11) is 0. The summed E-state index contributed by atoms with van der Waals surface area (Å²) in [5.41, 5.74) is 8.23. The number of pyridine rings is 1. The minimum Gasteiger partial charge on any atom is -0.324 e. The van der Waals surface area contributed by atoms with Crippen LogP contribution in [0.5, 0.6) is 0 Å². The molecule has 0 radical (unpaired) electrons. The quantitative estimate of drug-likeness (QED) is 0.696. The molecule has 1 aromatic rings. The Balaban J connectivity index is 3.02. The van der Waals surface area contributed by atoms with Crippen LogP contribution < -0.4 is 5.73 Å². The highest BCUT2D eigenvalue weighted by molar-refractivity contribution is 5.25.